The number of anilines is 1. The Kier molecular flexibility index (Phi) is 4.96. The molecule has 3 unspecified atom stereocenters. The highest BCUT2D eigenvalue weighted by molar-refractivity contribution is 6.31. The number of hydrogen-bond acceptors (Lipinski definition) is 6. The minimum atomic E-state index is -0.458. The normalized spacial score (nSPS) is 20.9. The molecule has 8 rings (SSSR count). The fraction of sp³-hybridized carbons (Fsp3) is 0.172. The number of benzene rings is 2. The van der Waals surface area contributed by atoms with E-state index in [2.05, 4.69) is 16.4 Å². The number of hydrogen-bond donors (Lipinski definition) is 1. The second-order valence-corrected chi connectivity index (χ2v) is 11.2. The summed E-state index contributed by atoms with van der Waals surface area (Å²) in [7, 11) is 0. The Morgan fingerprint density at radius 2 is 1.98 bits per heavy atom. The van der Waals surface area contributed by atoms with Gasteiger partial charge in [-0.3, -0.25) is 9.79 Å². The summed E-state index contributed by atoms with van der Waals surface area (Å²) in [5.41, 5.74) is 11.5. The lowest BCUT2D eigenvalue weighted by Crippen LogP contribution is -2.29. The molecule has 2 aromatic carbocycles. The smallest absolute Gasteiger partial charge is 0.251 e. The standard InChI is InChI=1S/C29H19Cl2FN6O2/c30-15-1-4-23(37-11-25(31)35-36-37)18(8-15)13-6-24-19-9-20(19)28(38(24)26(39)7-13)22-5-14(10-34-22)16-2-3-17-21(33)12-40-29(17)27(16)32/h1-4,6-8,10-12,19-20,28H,5,9,33H2. The van der Waals surface area contributed by atoms with Crippen LogP contribution in [-0.4, -0.2) is 25.3 Å². The van der Waals surface area contributed by atoms with Gasteiger partial charge in [0.25, 0.3) is 5.56 Å². The zero-order valence-electron chi connectivity index (χ0n) is 20.7. The van der Waals surface area contributed by atoms with Crippen LogP contribution in [0, 0.1) is 11.7 Å². The summed E-state index contributed by atoms with van der Waals surface area (Å²) in [5.74, 6) is 0.0763. The average molecular weight is 573 g/mol. The third-order valence-corrected chi connectivity index (χ3v) is 8.55. The van der Waals surface area contributed by atoms with Gasteiger partial charge in [0.1, 0.15) is 6.26 Å². The van der Waals surface area contributed by atoms with E-state index in [1.165, 1.54) is 6.26 Å². The van der Waals surface area contributed by atoms with Crippen molar-refractivity contribution in [2.75, 3.05) is 5.73 Å². The Morgan fingerprint density at radius 1 is 1.10 bits per heavy atom. The molecule has 8 nitrogen and oxygen atoms in total. The van der Waals surface area contributed by atoms with Crippen LogP contribution in [0.3, 0.4) is 0 Å². The van der Waals surface area contributed by atoms with Crippen molar-refractivity contribution in [2.24, 2.45) is 10.9 Å². The van der Waals surface area contributed by atoms with Crippen molar-refractivity contribution < 1.29 is 8.81 Å². The van der Waals surface area contributed by atoms with Crippen LogP contribution < -0.4 is 11.3 Å². The van der Waals surface area contributed by atoms with E-state index < -0.39 is 5.82 Å². The summed E-state index contributed by atoms with van der Waals surface area (Å²) >= 11 is 12.4. The first-order valence-electron chi connectivity index (χ1n) is 12.7. The lowest BCUT2D eigenvalue weighted by atomic mass is 9.96. The molecule has 40 heavy (non-hydrogen) atoms. The number of halogens is 3. The molecule has 2 aliphatic heterocycles. The molecule has 1 saturated carbocycles. The first-order valence-corrected chi connectivity index (χ1v) is 13.5. The lowest BCUT2D eigenvalue weighted by Gasteiger charge is -2.20. The van der Waals surface area contributed by atoms with E-state index in [0.717, 1.165) is 34.5 Å². The molecule has 198 valence electrons. The molecule has 0 spiro atoms. The van der Waals surface area contributed by atoms with Gasteiger partial charge in [-0.25, -0.2) is 9.07 Å². The molecule has 3 aromatic heterocycles. The number of fused-ring (bicyclic) bond motifs is 4. The van der Waals surface area contributed by atoms with E-state index in [4.69, 9.17) is 38.3 Å². The Bertz CT molecular complexity index is 2020. The highest BCUT2D eigenvalue weighted by Gasteiger charge is 2.54. The van der Waals surface area contributed by atoms with Crippen LogP contribution in [0.4, 0.5) is 10.1 Å². The summed E-state index contributed by atoms with van der Waals surface area (Å²) in [4.78, 5) is 18.3. The Morgan fingerprint density at radius 3 is 2.80 bits per heavy atom. The fourth-order valence-electron chi connectivity index (χ4n) is 6.26. The molecule has 0 bridgehead atoms. The summed E-state index contributed by atoms with van der Waals surface area (Å²) in [6, 6.07) is 12.4. The van der Waals surface area contributed by atoms with Crippen LogP contribution in [-0.2, 0) is 0 Å². The highest BCUT2D eigenvalue weighted by Crippen LogP contribution is 2.60. The van der Waals surface area contributed by atoms with Crippen molar-refractivity contribution in [2.45, 2.75) is 24.8 Å². The molecule has 5 aromatic rings. The maximum atomic E-state index is 15.3. The summed E-state index contributed by atoms with van der Waals surface area (Å²) in [6.07, 6.45) is 6.06. The van der Waals surface area contributed by atoms with Crippen LogP contribution in [0.25, 0.3) is 33.4 Å². The number of rotatable bonds is 4. The van der Waals surface area contributed by atoms with Gasteiger partial charge in [-0.1, -0.05) is 34.5 Å². The van der Waals surface area contributed by atoms with Crippen molar-refractivity contribution in [3.05, 3.63) is 98.7 Å². The number of pyridine rings is 1. The Hall–Kier alpha value is -4.21. The molecular weight excluding hydrogens is 554 g/mol. The zero-order chi connectivity index (χ0) is 27.3. The van der Waals surface area contributed by atoms with Crippen molar-refractivity contribution in [3.63, 3.8) is 0 Å². The van der Waals surface area contributed by atoms with E-state index in [1.807, 2.05) is 16.7 Å². The number of aromatic nitrogens is 4. The molecule has 11 heteroatoms. The van der Waals surface area contributed by atoms with E-state index in [0.29, 0.717) is 33.8 Å². The SMILES string of the molecule is Nc1coc2c(F)c(C3=CN=C(C4C5CC5c5cc(-c6cc(Cl)ccc6-n6cc(Cl)nn6)cc(=O)n54)C3)ccc12. The molecule has 3 aliphatic rings. The largest absolute Gasteiger partial charge is 0.459 e. The van der Waals surface area contributed by atoms with Crippen LogP contribution in [0.5, 0.6) is 0 Å². The third-order valence-electron chi connectivity index (χ3n) is 8.14. The van der Waals surface area contributed by atoms with Crippen molar-refractivity contribution >= 4 is 51.1 Å². The van der Waals surface area contributed by atoms with Gasteiger partial charge in [0.05, 0.1) is 23.6 Å². The van der Waals surface area contributed by atoms with E-state index in [1.54, 1.807) is 41.3 Å². The molecule has 5 heterocycles. The van der Waals surface area contributed by atoms with Gasteiger partial charge in [0.15, 0.2) is 16.6 Å². The molecule has 2 N–H and O–H groups in total. The molecule has 0 amide bonds. The zero-order valence-corrected chi connectivity index (χ0v) is 22.2. The Labute approximate surface area is 236 Å². The maximum absolute atomic E-state index is 15.3. The van der Waals surface area contributed by atoms with Crippen LogP contribution >= 0.6 is 23.2 Å². The summed E-state index contributed by atoms with van der Waals surface area (Å²) in [5, 5.41) is 9.31. The number of aliphatic imine (C=N–C) groups is 1. The molecule has 1 aliphatic carbocycles. The van der Waals surface area contributed by atoms with Crippen molar-refractivity contribution in [1.82, 2.24) is 19.6 Å². The molecule has 1 fully saturated rings. The maximum Gasteiger partial charge on any atom is 0.251 e. The first-order chi connectivity index (χ1) is 19.4. The second-order valence-electron chi connectivity index (χ2n) is 10.4. The van der Waals surface area contributed by atoms with Gasteiger partial charge in [0.2, 0.25) is 0 Å². The number of allylic oxidation sites excluding steroid dienone is 1. The van der Waals surface area contributed by atoms with Gasteiger partial charge in [-0.15, -0.1) is 5.10 Å². The van der Waals surface area contributed by atoms with Crippen molar-refractivity contribution in [1.29, 1.82) is 0 Å². The predicted octanol–water partition coefficient (Wildman–Crippen LogP) is 6.41. The number of nitrogen functional groups attached to an aromatic ring is 1. The molecule has 0 radical (unpaired) electrons. The number of nitrogens with two attached hydrogens (primary N) is 1. The monoisotopic (exact) mass is 572 g/mol. The molecular formula is C29H19Cl2FN6O2. The van der Waals surface area contributed by atoms with Gasteiger partial charge >= 0.3 is 0 Å². The topological polar surface area (TPSA) is 104 Å². The average Bonchev–Trinajstić information content (AvgIpc) is 3.29. The molecule has 0 saturated heterocycles. The van der Waals surface area contributed by atoms with Gasteiger partial charge in [-0.05, 0) is 53.8 Å². The third kappa shape index (κ3) is 3.44. The summed E-state index contributed by atoms with van der Waals surface area (Å²) in [6.45, 7) is 0. The lowest BCUT2D eigenvalue weighted by molar-refractivity contribution is 0.559. The predicted molar refractivity (Wildman–Crippen MR) is 152 cm³/mol. The second kappa shape index (κ2) is 8.39. The minimum Gasteiger partial charge on any atom is -0.459 e. The molecule has 3 atom stereocenters. The minimum absolute atomic E-state index is 0.123. The Balaban J connectivity index is 1.14. The van der Waals surface area contributed by atoms with Gasteiger partial charge in [-0.2, -0.15) is 0 Å². The van der Waals surface area contributed by atoms with Gasteiger partial charge < -0.3 is 14.7 Å². The van der Waals surface area contributed by atoms with Crippen LogP contribution in [0.2, 0.25) is 10.2 Å². The van der Waals surface area contributed by atoms with E-state index >= 15 is 4.39 Å². The number of furan rings is 1. The first kappa shape index (κ1) is 23.7. The van der Waals surface area contributed by atoms with Crippen LogP contribution in [0.1, 0.15) is 36.1 Å². The van der Waals surface area contributed by atoms with Crippen molar-refractivity contribution in [3.8, 4) is 16.8 Å². The summed E-state index contributed by atoms with van der Waals surface area (Å²) < 4.78 is 24.1. The quantitative estimate of drug-likeness (QED) is 0.268. The van der Waals surface area contributed by atoms with E-state index in [9.17, 15) is 4.79 Å². The highest BCUT2D eigenvalue weighted by atomic mass is 35.5. The number of nitrogens with zero attached hydrogens (tertiary/aromatic N) is 5. The van der Waals surface area contributed by atoms with Crippen LogP contribution in [0.15, 0.2) is 75.3 Å². The van der Waals surface area contributed by atoms with Gasteiger partial charge in [0, 0.05) is 57.5 Å². The van der Waals surface area contributed by atoms with E-state index in [-0.39, 0.29) is 34.2 Å². The fourth-order valence-corrected chi connectivity index (χ4v) is 6.55.